The number of benzene rings is 1. The first-order valence-corrected chi connectivity index (χ1v) is 18.3. The van der Waals surface area contributed by atoms with E-state index in [0.29, 0.717) is 62.1 Å². The monoisotopic (exact) mass is 685 g/mol. The number of fused-ring (bicyclic) bond motifs is 1. The molecule has 2 saturated heterocycles. The molecule has 4 fully saturated rings. The van der Waals surface area contributed by atoms with Crippen LogP contribution in [0.5, 0.6) is 0 Å². The van der Waals surface area contributed by atoms with E-state index in [1.807, 2.05) is 23.1 Å². The fourth-order valence-electron chi connectivity index (χ4n) is 8.09. The number of rotatable bonds is 8. The van der Waals surface area contributed by atoms with Crippen LogP contribution in [0.2, 0.25) is 0 Å². The predicted molar refractivity (Wildman–Crippen MR) is 182 cm³/mol. The molecule has 3 atom stereocenters. The summed E-state index contributed by atoms with van der Waals surface area (Å²) in [6.07, 6.45) is 7.82. The number of halogens is 1. The molecule has 2 aliphatic carbocycles. The summed E-state index contributed by atoms with van der Waals surface area (Å²) >= 11 is 1.37. The highest BCUT2D eigenvalue weighted by Crippen LogP contribution is 2.42. The third-order valence-corrected chi connectivity index (χ3v) is 11.5. The van der Waals surface area contributed by atoms with Gasteiger partial charge in [-0.2, -0.15) is 0 Å². The van der Waals surface area contributed by atoms with Crippen molar-refractivity contribution in [2.45, 2.75) is 103 Å². The van der Waals surface area contributed by atoms with Crippen molar-refractivity contribution < 1.29 is 33.0 Å². The number of hydrogen-bond acceptors (Lipinski definition) is 8. The van der Waals surface area contributed by atoms with Crippen LogP contribution in [-0.2, 0) is 19.1 Å². The molecule has 262 valence electrons. The molecule has 13 heteroatoms. The van der Waals surface area contributed by atoms with Crippen LogP contribution in [-0.4, -0.2) is 77.9 Å². The second kappa shape index (κ2) is 14.6. The van der Waals surface area contributed by atoms with Gasteiger partial charge in [-0.05, 0) is 88.8 Å². The third-order valence-electron chi connectivity index (χ3n) is 10.4. The zero-order valence-electron chi connectivity index (χ0n) is 28.2. The van der Waals surface area contributed by atoms with Crippen LogP contribution >= 0.6 is 11.3 Å². The molecule has 1 aromatic heterocycles. The molecule has 11 nitrogen and oxygen atoms in total. The van der Waals surface area contributed by atoms with Crippen LogP contribution in [0.15, 0.2) is 18.2 Å². The summed E-state index contributed by atoms with van der Waals surface area (Å²) in [5.41, 5.74) is 0.687. The maximum Gasteiger partial charge on any atom is 0.416 e. The Morgan fingerprint density at radius 1 is 1.06 bits per heavy atom. The predicted octanol–water partition coefficient (Wildman–Crippen LogP) is 6.66. The highest BCUT2D eigenvalue weighted by Gasteiger charge is 2.47. The lowest BCUT2D eigenvalue weighted by molar-refractivity contribution is -0.142. The molecular formula is C35H48FN5O6S. The molecule has 0 unspecified atom stereocenters. The number of amides is 4. The molecule has 1 aromatic carbocycles. The zero-order valence-corrected chi connectivity index (χ0v) is 29.0. The molecular weight excluding hydrogens is 637 g/mol. The molecule has 2 aliphatic heterocycles. The van der Waals surface area contributed by atoms with Gasteiger partial charge in [-0.3, -0.25) is 9.59 Å². The van der Waals surface area contributed by atoms with Crippen molar-refractivity contribution in [3.05, 3.63) is 18.2 Å². The largest absolute Gasteiger partial charge is 0.447 e. The smallest absolute Gasteiger partial charge is 0.416 e. The Labute approximate surface area is 285 Å². The second-order valence-corrected chi connectivity index (χ2v) is 15.8. The summed E-state index contributed by atoms with van der Waals surface area (Å²) in [7, 11) is 0. The summed E-state index contributed by atoms with van der Waals surface area (Å²) in [6.45, 7) is 5.95. The first kappa shape index (κ1) is 34.4. The van der Waals surface area contributed by atoms with E-state index in [1.165, 1.54) is 22.7 Å². The van der Waals surface area contributed by atoms with Crippen molar-refractivity contribution >= 4 is 56.4 Å². The lowest BCUT2D eigenvalue weighted by Gasteiger charge is -2.37. The fourth-order valence-corrected chi connectivity index (χ4v) is 9.11. The van der Waals surface area contributed by atoms with Crippen LogP contribution in [0.4, 0.5) is 24.8 Å². The third kappa shape index (κ3) is 7.71. The Balaban J connectivity index is 1.13. The number of alkyl carbamates (subject to hydrolysis) is 1. The number of thiazole rings is 1. The molecule has 4 aliphatic rings. The Morgan fingerprint density at radius 2 is 1.81 bits per heavy atom. The molecule has 0 bridgehead atoms. The van der Waals surface area contributed by atoms with Gasteiger partial charge in [0.05, 0.1) is 22.8 Å². The van der Waals surface area contributed by atoms with E-state index in [9.17, 15) is 23.6 Å². The van der Waals surface area contributed by atoms with Gasteiger partial charge in [-0.25, -0.2) is 23.9 Å². The molecule has 2 N–H and O–H groups in total. The number of likely N-dealkylation sites (tertiary alicyclic amines) is 1. The molecule has 6 rings (SSSR count). The van der Waals surface area contributed by atoms with Gasteiger partial charge in [0.25, 0.3) is 0 Å². The second-order valence-electron chi connectivity index (χ2n) is 14.8. The van der Waals surface area contributed by atoms with E-state index in [1.54, 1.807) is 20.8 Å². The summed E-state index contributed by atoms with van der Waals surface area (Å²) in [5.74, 6) is 0.00363. The highest BCUT2D eigenvalue weighted by molar-refractivity contribution is 7.22. The summed E-state index contributed by atoms with van der Waals surface area (Å²) in [5, 5.41) is 6.39. The summed E-state index contributed by atoms with van der Waals surface area (Å²) in [4.78, 5) is 60.6. The molecule has 0 spiro atoms. The number of hydrogen-bond donors (Lipinski definition) is 2. The molecule has 48 heavy (non-hydrogen) atoms. The topological polar surface area (TPSA) is 130 Å². The summed E-state index contributed by atoms with van der Waals surface area (Å²) in [6, 6.07) is 4.31. The number of nitrogens with one attached hydrogen (secondary N) is 2. The summed E-state index contributed by atoms with van der Waals surface area (Å²) < 4.78 is 25.3. The first-order valence-electron chi connectivity index (χ1n) is 17.5. The van der Waals surface area contributed by atoms with Crippen LogP contribution in [0.25, 0.3) is 10.2 Å². The van der Waals surface area contributed by atoms with Gasteiger partial charge in [-0.1, -0.05) is 43.4 Å². The number of carbonyl (C=O) groups is 4. The van der Waals surface area contributed by atoms with Crippen molar-refractivity contribution in [1.82, 2.24) is 15.2 Å². The highest BCUT2D eigenvalue weighted by atomic mass is 32.1. The maximum atomic E-state index is 14.2. The van der Waals surface area contributed by atoms with Crippen molar-refractivity contribution in [2.24, 2.45) is 23.7 Å². The lowest BCUT2D eigenvalue weighted by atomic mass is 9.76. The molecule has 4 amide bonds. The average molecular weight is 686 g/mol. The minimum atomic E-state index is -0.695. The Kier molecular flexibility index (Phi) is 10.4. The minimum Gasteiger partial charge on any atom is -0.447 e. The van der Waals surface area contributed by atoms with E-state index in [2.05, 4.69) is 15.6 Å². The maximum absolute atomic E-state index is 14.2. The number of nitrogens with zero attached hydrogens (tertiary/aromatic N) is 3. The van der Waals surface area contributed by atoms with Crippen LogP contribution < -0.4 is 15.5 Å². The van der Waals surface area contributed by atoms with E-state index in [4.69, 9.17) is 9.47 Å². The van der Waals surface area contributed by atoms with E-state index in [-0.39, 0.29) is 29.6 Å². The van der Waals surface area contributed by atoms with Gasteiger partial charge < -0.3 is 25.0 Å². The standard InChI is InChI=1S/C35H48FN5O6S/c1-35(2,3)47-33(44)39-27(20-36)22-9-11-23(12-10-22)31(43)40-16-15-25(21-7-5-4-6-8-21)29(40)30(42)37-24-13-14-26-28(19-24)48-32(38-26)41-17-18-46-34(41)45/h13-14,19,21-23,25,27,29H,4-12,15-18,20H2,1-3H3,(H,37,42)(H,39,44)/t22?,23?,25-,27+,29-/m0/s1. The number of anilines is 2. The number of cyclic esters (lactones) is 1. The molecule has 3 heterocycles. The normalized spacial score (nSPS) is 26.0. The van der Waals surface area contributed by atoms with E-state index < -0.39 is 36.5 Å². The van der Waals surface area contributed by atoms with Crippen molar-refractivity contribution in [1.29, 1.82) is 0 Å². The van der Waals surface area contributed by atoms with Crippen molar-refractivity contribution in [3.63, 3.8) is 0 Å². The van der Waals surface area contributed by atoms with Crippen LogP contribution in [0, 0.1) is 23.7 Å². The van der Waals surface area contributed by atoms with Crippen LogP contribution in [0.1, 0.15) is 85.0 Å². The van der Waals surface area contributed by atoms with Gasteiger partial charge in [-0.15, -0.1) is 0 Å². The SMILES string of the molecule is CC(C)(C)OC(=O)N[C@H](CF)C1CCC(C(=O)N2CC[C@@H](C3CCCCC3)[C@H]2C(=O)Nc2ccc3nc(N4CCOC4=O)sc3c2)CC1. The Morgan fingerprint density at radius 3 is 2.48 bits per heavy atom. The quantitative estimate of drug-likeness (QED) is 0.318. The van der Waals surface area contributed by atoms with Crippen molar-refractivity contribution in [2.75, 3.05) is 36.6 Å². The number of carbonyl (C=O) groups excluding carboxylic acids is 4. The number of aromatic nitrogens is 1. The van der Waals surface area contributed by atoms with Gasteiger partial charge in [0.1, 0.15) is 24.9 Å². The lowest BCUT2D eigenvalue weighted by Crippen LogP contribution is -2.50. The minimum absolute atomic E-state index is 0.00357. The Bertz CT molecular complexity index is 1500. The zero-order chi connectivity index (χ0) is 34.0. The number of ether oxygens (including phenoxy) is 2. The van der Waals surface area contributed by atoms with E-state index in [0.717, 1.165) is 42.3 Å². The van der Waals surface area contributed by atoms with Gasteiger partial charge >= 0.3 is 12.2 Å². The van der Waals surface area contributed by atoms with E-state index >= 15 is 0 Å². The molecule has 2 aromatic rings. The van der Waals surface area contributed by atoms with Gasteiger partial charge in [0, 0.05) is 18.2 Å². The van der Waals surface area contributed by atoms with Gasteiger partial charge in [0.15, 0.2) is 5.13 Å². The van der Waals surface area contributed by atoms with Crippen molar-refractivity contribution in [3.8, 4) is 0 Å². The average Bonchev–Trinajstić information content (AvgIpc) is 3.81. The first-order chi connectivity index (χ1) is 23.0. The number of alkyl halides is 1. The van der Waals surface area contributed by atoms with Gasteiger partial charge in [0.2, 0.25) is 11.8 Å². The molecule has 0 radical (unpaired) electrons. The Hall–Kier alpha value is -3.48. The van der Waals surface area contributed by atoms with Crippen LogP contribution in [0.3, 0.4) is 0 Å². The fraction of sp³-hybridized carbons (Fsp3) is 0.686. The molecule has 2 saturated carbocycles.